The van der Waals surface area contributed by atoms with Crippen LogP contribution in [0.1, 0.15) is 0 Å². The van der Waals surface area contributed by atoms with Gasteiger partial charge in [-0.05, 0) is 0 Å². The molecular formula is C12H17NO4. The molecule has 1 aromatic rings. The Morgan fingerprint density at radius 3 is 2.06 bits per heavy atom. The summed E-state index contributed by atoms with van der Waals surface area (Å²) in [6, 6.07) is 3.51. The Morgan fingerprint density at radius 2 is 1.59 bits per heavy atom. The third-order valence-corrected chi connectivity index (χ3v) is 2.44. The van der Waals surface area contributed by atoms with Crippen LogP contribution in [0.25, 0.3) is 0 Å². The van der Waals surface area contributed by atoms with Gasteiger partial charge in [0.15, 0.2) is 11.5 Å². The van der Waals surface area contributed by atoms with Crippen molar-refractivity contribution in [1.82, 2.24) is 0 Å². The normalized spacial score (nSPS) is 9.65. The average molecular weight is 239 g/mol. The average Bonchev–Trinajstić information content (AvgIpc) is 2.37. The number of carbonyl (C=O) groups is 1. The van der Waals surface area contributed by atoms with Gasteiger partial charge in [-0.15, -0.1) is 0 Å². The molecule has 0 unspecified atom stereocenters. The topological polar surface area (TPSA) is 48.0 Å². The molecule has 0 aliphatic rings. The fourth-order valence-electron chi connectivity index (χ4n) is 1.52. The molecule has 17 heavy (non-hydrogen) atoms. The zero-order valence-electron chi connectivity index (χ0n) is 10.5. The van der Waals surface area contributed by atoms with E-state index in [2.05, 4.69) is 0 Å². The van der Waals surface area contributed by atoms with Gasteiger partial charge in [0.25, 0.3) is 0 Å². The van der Waals surface area contributed by atoms with Crippen molar-refractivity contribution < 1.29 is 19.0 Å². The molecule has 0 aliphatic heterocycles. The Labute approximate surface area is 101 Å². The molecule has 0 saturated heterocycles. The fourth-order valence-corrected chi connectivity index (χ4v) is 1.52. The van der Waals surface area contributed by atoms with Crippen molar-refractivity contribution >= 4 is 12.0 Å². The number of hydrogen-bond donors (Lipinski definition) is 0. The number of rotatable bonds is 6. The first kappa shape index (κ1) is 13.2. The van der Waals surface area contributed by atoms with E-state index in [-0.39, 0.29) is 6.54 Å². The lowest BCUT2D eigenvalue weighted by atomic mass is 10.2. The quantitative estimate of drug-likeness (QED) is 0.701. The van der Waals surface area contributed by atoms with Crippen LogP contribution in [-0.2, 0) is 4.79 Å². The molecule has 1 aromatic carbocycles. The van der Waals surface area contributed by atoms with Crippen molar-refractivity contribution in [2.45, 2.75) is 0 Å². The maximum absolute atomic E-state index is 10.5. The van der Waals surface area contributed by atoms with Crippen LogP contribution in [0.3, 0.4) is 0 Å². The molecule has 0 radical (unpaired) electrons. The Kier molecular flexibility index (Phi) is 4.63. The van der Waals surface area contributed by atoms with Gasteiger partial charge in [-0.2, -0.15) is 0 Å². The van der Waals surface area contributed by atoms with Crippen LogP contribution in [0.4, 0.5) is 5.69 Å². The molecule has 1 rings (SSSR count). The molecule has 5 nitrogen and oxygen atoms in total. The van der Waals surface area contributed by atoms with Crippen molar-refractivity contribution in [1.29, 1.82) is 0 Å². The molecule has 0 saturated carbocycles. The van der Waals surface area contributed by atoms with Crippen molar-refractivity contribution in [3.05, 3.63) is 12.1 Å². The van der Waals surface area contributed by atoms with Crippen molar-refractivity contribution in [3.63, 3.8) is 0 Å². The Balaban J connectivity index is 3.22. The zero-order valence-corrected chi connectivity index (χ0v) is 10.5. The van der Waals surface area contributed by atoms with E-state index in [1.165, 1.54) is 0 Å². The number of nitrogens with zero attached hydrogens (tertiary/aromatic N) is 1. The zero-order chi connectivity index (χ0) is 12.8. The summed E-state index contributed by atoms with van der Waals surface area (Å²) in [5, 5.41) is 0. The second-order valence-corrected chi connectivity index (χ2v) is 3.43. The highest BCUT2D eigenvalue weighted by atomic mass is 16.5. The number of ether oxygens (including phenoxy) is 3. The predicted molar refractivity (Wildman–Crippen MR) is 65.4 cm³/mol. The highest BCUT2D eigenvalue weighted by Crippen LogP contribution is 2.39. The van der Waals surface area contributed by atoms with Gasteiger partial charge in [0.05, 0.1) is 33.6 Å². The number of aldehydes is 1. The molecule has 0 bridgehead atoms. The molecule has 0 heterocycles. The smallest absolute Gasteiger partial charge is 0.164 e. The van der Waals surface area contributed by atoms with Crippen LogP contribution in [0.2, 0.25) is 0 Å². The van der Waals surface area contributed by atoms with Crippen LogP contribution in [-0.4, -0.2) is 41.2 Å². The standard InChI is InChI=1S/C12H17NO4/c1-13(5-6-14)9-7-11(16-3)12(17-4)8-10(9)15-2/h6-8H,5H2,1-4H3. The van der Waals surface area contributed by atoms with Gasteiger partial charge in [0, 0.05) is 19.2 Å². The Hall–Kier alpha value is -1.91. The van der Waals surface area contributed by atoms with Crippen molar-refractivity contribution in [3.8, 4) is 17.2 Å². The van der Waals surface area contributed by atoms with E-state index in [1.54, 1.807) is 45.4 Å². The number of methoxy groups -OCH3 is 3. The first-order valence-corrected chi connectivity index (χ1v) is 5.12. The van der Waals surface area contributed by atoms with Gasteiger partial charge in [-0.1, -0.05) is 0 Å². The number of benzene rings is 1. The predicted octanol–water partition coefficient (Wildman–Crippen LogP) is 1.35. The Bertz CT molecular complexity index is 392. The van der Waals surface area contributed by atoms with Crippen LogP contribution in [0.5, 0.6) is 17.2 Å². The van der Waals surface area contributed by atoms with Crippen LogP contribution >= 0.6 is 0 Å². The van der Waals surface area contributed by atoms with E-state index in [0.29, 0.717) is 17.2 Å². The SMILES string of the molecule is COc1cc(OC)c(N(C)CC=O)cc1OC. The molecule has 0 spiro atoms. The summed E-state index contributed by atoms with van der Waals surface area (Å²) >= 11 is 0. The molecule has 0 aromatic heterocycles. The van der Waals surface area contributed by atoms with Gasteiger partial charge in [0.1, 0.15) is 12.0 Å². The lowest BCUT2D eigenvalue weighted by molar-refractivity contribution is -0.106. The molecule has 94 valence electrons. The second-order valence-electron chi connectivity index (χ2n) is 3.43. The van der Waals surface area contributed by atoms with Crippen LogP contribution in [0.15, 0.2) is 12.1 Å². The minimum atomic E-state index is 0.284. The summed E-state index contributed by atoms with van der Waals surface area (Å²) in [6.45, 7) is 0.284. The van der Waals surface area contributed by atoms with Gasteiger partial charge < -0.3 is 23.9 Å². The highest BCUT2D eigenvalue weighted by Gasteiger charge is 2.14. The molecule has 5 heteroatoms. The van der Waals surface area contributed by atoms with Gasteiger partial charge in [0.2, 0.25) is 0 Å². The number of likely N-dealkylation sites (N-methyl/N-ethyl adjacent to an activating group) is 1. The van der Waals surface area contributed by atoms with Gasteiger partial charge >= 0.3 is 0 Å². The molecule has 0 atom stereocenters. The summed E-state index contributed by atoms with van der Waals surface area (Å²) in [4.78, 5) is 12.3. The minimum Gasteiger partial charge on any atom is -0.494 e. The summed E-state index contributed by atoms with van der Waals surface area (Å²) in [5.74, 6) is 1.82. The maximum Gasteiger partial charge on any atom is 0.164 e. The third kappa shape index (κ3) is 2.81. The lowest BCUT2D eigenvalue weighted by Gasteiger charge is -2.21. The van der Waals surface area contributed by atoms with Crippen molar-refractivity contribution in [2.24, 2.45) is 0 Å². The summed E-state index contributed by atoms with van der Waals surface area (Å²) in [7, 11) is 6.50. The molecule has 0 N–H and O–H groups in total. The fraction of sp³-hybridized carbons (Fsp3) is 0.417. The highest BCUT2D eigenvalue weighted by molar-refractivity contribution is 5.69. The Morgan fingerprint density at radius 1 is 1.06 bits per heavy atom. The molecule has 0 fully saturated rings. The van der Waals surface area contributed by atoms with Crippen molar-refractivity contribution in [2.75, 3.05) is 39.8 Å². The van der Waals surface area contributed by atoms with E-state index >= 15 is 0 Å². The largest absolute Gasteiger partial charge is 0.494 e. The monoisotopic (exact) mass is 239 g/mol. The number of carbonyl (C=O) groups excluding carboxylic acids is 1. The summed E-state index contributed by atoms with van der Waals surface area (Å²) < 4.78 is 15.7. The first-order valence-electron chi connectivity index (χ1n) is 5.12. The maximum atomic E-state index is 10.5. The number of anilines is 1. The van der Waals surface area contributed by atoms with E-state index in [1.807, 2.05) is 0 Å². The first-order chi connectivity index (χ1) is 8.17. The van der Waals surface area contributed by atoms with Crippen LogP contribution < -0.4 is 19.1 Å². The summed E-state index contributed by atoms with van der Waals surface area (Å²) in [6.07, 6.45) is 0.830. The molecule has 0 amide bonds. The third-order valence-electron chi connectivity index (χ3n) is 2.44. The van der Waals surface area contributed by atoms with E-state index < -0.39 is 0 Å². The minimum absolute atomic E-state index is 0.284. The van der Waals surface area contributed by atoms with E-state index in [4.69, 9.17) is 14.2 Å². The lowest BCUT2D eigenvalue weighted by Crippen LogP contribution is -2.20. The molecule has 0 aliphatic carbocycles. The summed E-state index contributed by atoms with van der Waals surface area (Å²) in [5.41, 5.74) is 0.775. The van der Waals surface area contributed by atoms with E-state index in [9.17, 15) is 4.79 Å². The number of hydrogen-bond acceptors (Lipinski definition) is 5. The van der Waals surface area contributed by atoms with Crippen LogP contribution in [0, 0.1) is 0 Å². The molecular weight excluding hydrogens is 222 g/mol. The van der Waals surface area contributed by atoms with Gasteiger partial charge in [-0.3, -0.25) is 0 Å². The second kappa shape index (κ2) is 5.98. The van der Waals surface area contributed by atoms with Gasteiger partial charge in [-0.25, -0.2) is 0 Å². The van der Waals surface area contributed by atoms with E-state index in [0.717, 1.165) is 12.0 Å².